The van der Waals surface area contributed by atoms with Gasteiger partial charge in [-0.25, -0.2) is 15.0 Å². The number of imidazole rings is 3. The number of nitrogens with one attached hydrogen (secondary N) is 3. The zero-order valence-electron chi connectivity index (χ0n) is 60.1. The quantitative estimate of drug-likeness (QED) is 0.0500. The summed E-state index contributed by atoms with van der Waals surface area (Å²) in [5, 5.41) is 2.35. The van der Waals surface area contributed by atoms with E-state index >= 15 is 0 Å². The number of nitrogens with two attached hydrogens (primary N) is 1. The maximum atomic E-state index is 9.91. The summed E-state index contributed by atoms with van der Waals surface area (Å²) >= 11 is 5.00. The molecule has 6 aromatic carbocycles. The van der Waals surface area contributed by atoms with Crippen LogP contribution in [0.5, 0.6) is 17.2 Å². The summed E-state index contributed by atoms with van der Waals surface area (Å²) in [6.45, 7) is 33.9. The van der Waals surface area contributed by atoms with Crippen molar-refractivity contribution in [3.05, 3.63) is 212 Å². The first kappa shape index (κ1) is 69.5. The Morgan fingerprint density at radius 2 is 0.612 bits per heavy atom. The van der Waals surface area contributed by atoms with Gasteiger partial charge < -0.3 is 34.9 Å². The van der Waals surface area contributed by atoms with E-state index in [9.17, 15) is 5.73 Å². The molecule has 0 aliphatic rings. The number of benzene rings is 6. The van der Waals surface area contributed by atoms with Crippen LogP contribution in [0, 0.1) is 57.8 Å². The molecule has 5 N–H and O–H groups in total. The summed E-state index contributed by atoms with van der Waals surface area (Å²) in [6.07, 6.45) is 1.75. The van der Waals surface area contributed by atoms with Gasteiger partial charge in [0.25, 0.3) is 0 Å². The van der Waals surface area contributed by atoms with Gasteiger partial charge in [-0.3, -0.25) is 15.0 Å². The standard InChI is InChI=1S/C82H92N10O3S3/c1-46-19-25-52(26-20-46)70-58(43-96-76-87-61-34-31-55(93-16)37-64(61)90-76)49(4)84-67(40-79(7,8)9)73(70)82(83,74-68(41-80(10,11)12)85-50(5)59(71(74)53-27-21-47(2)22-28-53)44-97-77-88-62-35-32-56(94-17)38-65(62)91-77)75-69(42-81(13,14)15)86-51(6)60(72(75)54-29-23-48(3)24-30-54)45-98-78-89-63-36-33-57(95-18)39-66(63)92-78/h19-39H,40-45,83H2,1-18H3,(H,87,90)(H,88,91)(H,89,92). The molecule has 0 saturated heterocycles. The molecule has 0 aliphatic carbocycles. The number of methoxy groups -OCH3 is 3. The monoisotopic (exact) mass is 1360 g/mol. The average molecular weight is 1360 g/mol. The van der Waals surface area contributed by atoms with Crippen molar-refractivity contribution >= 4 is 68.4 Å². The van der Waals surface area contributed by atoms with Crippen molar-refractivity contribution in [1.29, 1.82) is 0 Å². The fourth-order valence-corrected chi connectivity index (χ4v) is 16.4. The third kappa shape index (κ3) is 14.8. The second-order valence-electron chi connectivity index (χ2n) is 29.9. The van der Waals surface area contributed by atoms with Crippen molar-refractivity contribution in [2.45, 2.75) is 161 Å². The number of pyridine rings is 3. The summed E-state index contributed by atoms with van der Waals surface area (Å²) in [7, 11) is 5.08. The number of nitrogens with zero attached hydrogens (tertiary/aromatic N) is 6. The number of thioether (sulfide) groups is 3. The lowest BCUT2D eigenvalue weighted by molar-refractivity contribution is 0.393. The molecule has 6 heterocycles. The Kier molecular flexibility index (Phi) is 19.7. The van der Waals surface area contributed by atoms with Gasteiger partial charge in [0, 0.05) is 86.3 Å². The molecule has 6 aromatic heterocycles. The van der Waals surface area contributed by atoms with Crippen molar-refractivity contribution in [3.8, 4) is 50.6 Å². The summed E-state index contributed by atoms with van der Waals surface area (Å²) < 4.78 is 17.1. The molecule has 0 unspecified atom stereocenters. The van der Waals surface area contributed by atoms with Crippen LogP contribution in [0.15, 0.2) is 143 Å². The minimum atomic E-state index is -1.63. The average Bonchev–Trinajstić information content (AvgIpc) is 1.28. The fraction of sp³-hybridized carbons (Fsp3) is 0.341. The van der Waals surface area contributed by atoms with Crippen molar-refractivity contribution in [3.63, 3.8) is 0 Å². The molecule has 12 aromatic rings. The minimum Gasteiger partial charge on any atom is -0.497 e. The highest BCUT2D eigenvalue weighted by atomic mass is 32.2. The second-order valence-corrected chi connectivity index (χ2v) is 32.8. The van der Waals surface area contributed by atoms with Gasteiger partial charge in [-0.2, -0.15) is 0 Å². The lowest BCUT2D eigenvalue weighted by Gasteiger charge is -2.43. The molecule has 98 heavy (non-hydrogen) atoms. The van der Waals surface area contributed by atoms with Gasteiger partial charge in [0.1, 0.15) is 17.2 Å². The molecule has 506 valence electrons. The number of aromatic amines is 3. The number of hydrogen-bond donors (Lipinski definition) is 4. The Balaban J connectivity index is 1.29. The zero-order valence-corrected chi connectivity index (χ0v) is 62.5. The predicted octanol–water partition coefficient (Wildman–Crippen LogP) is 20.3. The number of fused-ring (bicyclic) bond motifs is 3. The second kappa shape index (κ2) is 27.7. The summed E-state index contributed by atoms with van der Waals surface area (Å²) in [4.78, 5) is 44.7. The molecule has 0 bridgehead atoms. The van der Waals surface area contributed by atoms with Crippen LogP contribution in [0.3, 0.4) is 0 Å². The van der Waals surface area contributed by atoms with Crippen LogP contribution in [0.2, 0.25) is 0 Å². The predicted molar refractivity (Wildman–Crippen MR) is 408 cm³/mol. The third-order valence-corrected chi connectivity index (χ3v) is 20.8. The van der Waals surface area contributed by atoms with E-state index in [4.69, 9.17) is 44.1 Å². The largest absolute Gasteiger partial charge is 0.497 e. The van der Waals surface area contributed by atoms with Crippen LogP contribution >= 0.6 is 35.3 Å². The first-order valence-corrected chi connectivity index (χ1v) is 36.6. The van der Waals surface area contributed by atoms with E-state index in [1.165, 1.54) is 0 Å². The topological polar surface area (TPSA) is 178 Å². The molecule has 0 saturated carbocycles. The van der Waals surface area contributed by atoms with E-state index in [-0.39, 0.29) is 16.2 Å². The van der Waals surface area contributed by atoms with E-state index in [1.54, 1.807) is 56.6 Å². The fourth-order valence-electron chi connectivity index (χ4n) is 13.5. The van der Waals surface area contributed by atoms with Crippen molar-refractivity contribution < 1.29 is 14.2 Å². The molecule has 12 rings (SSSR count). The van der Waals surface area contributed by atoms with Crippen LogP contribution in [0.4, 0.5) is 0 Å². The Labute approximate surface area is 590 Å². The summed E-state index contributed by atoms with van der Waals surface area (Å²) in [5.41, 5.74) is 33.7. The van der Waals surface area contributed by atoms with E-state index in [2.05, 4.69) is 192 Å². The van der Waals surface area contributed by atoms with Crippen LogP contribution in [-0.2, 0) is 42.1 Å². The minimum absolute atomic E-state index is 0.291. The van der Waals surface area contributed by atoms with Gasteiger partial charge >= 0.3 is 0 Å². The summed E-state index contributed by atoms with van der Waals surface area (Å²) in [5.74, 6) is 3.80. The molecule has 0 atom stereocenters. The van der Waals surface area contributed by atoms with Gasteiger partial charge in [0.05, 0.1) is 60.0 Å². The molecule has 0 radical (unpaired) electrons. The van der Waals surface area contributed by atoms with E-state index in [0.717, 1.165) is 183 Å². The van der Waals surface area contributed by atoms with Gasteiger partial charge in [-0.05, 0) is 164 Å². The Bertz CT molecular complexity index is 4440. The number of ether oxygens (including phenoxy) is 3. The lowest BCUT2D eigenvalue weighted by Crippen LogP contribution is -2.46. The zero-order chi connectivity index (χ0) is 69.8. The van der Waals surface area contributed by atoms with Crippen molar-refractivity contribution in [2.75, 3.05) is 21.3 Å². The Morgan fingerprint density at radius 3 is 0.847 bits per heavy atom. The lowest BCUT2D eigenvalue weighted by atomic mass is 9.65. The number of hydrogen-bond acceptors (Lipinski definition) is 13. The van der Waals surface area contributed by atoms with Crippen molar-refractivity contribution in [1.82, 2.24) is 44.9 Å². The smallest absolute Gasteiger partial charge is 0.166 e. The first-order chi connectivity index (χ1) is 46.6. The molecular formula is C82H92N10O3S3. The molecule has 13 nitrogen and oxygen atoms in total. The first-order valence-electron chi connectivity index (χ1n) is 33.6. The number of aryl methyl sites for hydroxylation is 6. The van der Waals surface area contributed by atoms with Crippen LogP contribution < -0.4 is 19.9 Å². The van der Waals surface area contributed by atoms with Crippen LogP contribution in [0.25, 0.3) is 66.5 Å². The molecule has 0 aliphatic heterocycles. The van der Waals surface area contributed by atoms with E-state index in [1.807, 2.05) is 54.6 Å². The number of aromatic nitrogens is 9. The maximum Gasteiger partial charge on any atom is 0.166 e. The maximum absolute atomic E-state index is 9.91. The molecule has 0 amide bonds. The number of H-pyrrole nitrogens is 3. The molecular weight excluding hydrogens is 1270 g/mol. The summed E-state index contributed by atoms with van der Waals surface area (Å²) in [6, 6.07) is 45.1. The number of rotatable bonds is 21. The highest BCUT2D eigenvalue weighted by Gasteiger charge is 2.48. The van der Waals surface area contributed by atoms with Crippen LogP contribution in [0.1, 0.15) is 147 Å². The van der Waals surface area contributed by atoms with Gasteiger partial charge in [0.2, 0.25) is 0 Å². The van der Waals surface area contributed by atoms with Crippen LogP contribution in [-0.4, -0.2) is 66.2 Å². The van der Waals surface area contributed by atoms with Gasteiger partial charge in [0.15, 0.2) is 15.5 Å². The SMILES string of the molecule is COc1ccc2nc(SCc3c(C)nc(CC(C)(C)C)c(C(N)(c4c(CC(C)(C)C)nc(C)c(CSc5nc6ccc(OC)cc6[nH]5)c4-c4ccc(C)cc4)c4c(CC(C)(C)C)nc(C)c(CSc5nc6ccc(OC)cc6[nH]5)c4-c4ccc(C)cc4)c3-c3ccc(C)cc3)[nH]c2c1. The Morgan fingerprint density at radius 1 is 0.357 bits per heavy atom. The Hall–Kier alpha value is -8.41. The van der Waals surface area contributed by atoms with E-state index in [0.29, 0.717) is 36.5 Å². The normalized spacial score (nSPS) is 12.4. The van der Waals surface area contributed by atoms with Crippen molar-refractivity contribution in [2.24, 2.45) is 22.0 Å². The molecule has 16 heteroatoms. The highest BCUT2D eigenvalue weighted by molar-refractivity contribution is 7.98. The highest BCUT2D eigenvalue weighted by Crippen LogP contribution is 2.55. The molecule has 0 fully saturated rings. The van der Waals surface area contributed by atoms with E-state index < -0.39 is 5.54 Å². The van der Waals surface area contributed by atoms with Gasteiger partial charge in [-0.15, -0.1) is 0 Å². The van der Waals surface area contributed by atoms with Gasteiger partial charge in [-0.1, -0.05) is 187 Å². The molecule has 0 spiro atoms. The third-order valence-electron chi connectivity index (χ3n) is 18.1.